The van der Waals surface area contributed by atoms with Gasteiger partial charge in [0.25, 0.3) is 12.3 Å². The molecule has 1 saturated carbocycles. The summed E-state index contributed by atoms with van der Waals surface area (Å²) in [6, 6.07) is 6.92. The molecule has 2 fully saturated rings. The molecule has 2 aromatic rings. The second-order valence-electron chi connectivity index (χ2n) is 9.56. The van der Waals surface area contributed by atoms with Gasteiger partial charge in [-0.2, -0.15) is 0 Å². The second-order valence-corrected chi connectivity index (χ2v) is 10.00. The summed E-state index contributed by atoms with van der Waals surface area (Å²) in [5, 5.41) is 6.24. The number of carbonyl (C=O) groups excluding carboxylic acids is 2. The molecule has 7 nitrogen and oxygen atoms in total. The van der Waals surface area contributed by atoms with Crippen molar-refractivity contribution < 1.29 is 23.1 Å². The Bertz CT molecular complexity index is 1150. The molecule has 186 valence electrons. The van der Waals surface area contributed by atoms with Gasteiger partial charge in [0.15, 0.2) is 0 Å². The van der Waals surface area contributed by atoms with Crippen molar-refractivity contribution in [2.24, 2.45) is 5.92 Å². The minimum atomic E-state index is -2.86. The van der Waals surface area contributed by atoms with Gasteiger partial charge in [0, 0.05) is 37.6 Å². The van der Waals surface area contributed by atoms with Crippen LogP contribution in [0.5, 0.6) is 5.75 Å². The number of nitrogens with one attached hydrogen (secondary N) is 2. The van der Waals surface area contributed by atoms with Crippen molar-refractivity contribution in [1.82, 2.24) is 15.6 Å². The summed E-state index contributed by atoms with van der Waals surface area (Å²) in [4.78, 5) is 31.7. The smallest absolute Gasteiger partial charge is 0.281 e. The normalized spacial score (nSPS) is 22.8. The van der Waals surface area contributed by atoms with E-state index in [1.807, 2.05) is 23.1 Å². The Morgan fingerprint density at radius 3 is 2.66 bits per heavy atom. The number of halogens is 3. The molecule has 1 aromatic carbocycles. The van der Waals surface area contributed by atoms with E-state index in [1.54, 1.807) is 7.11 Å². The maximum absolute atomic E-state index is 13.4. The first-order valence-corrected chi connectivity index (χ1v) is 12.2. The zero-order chi connectivity index (χ0) is 24.7. The van der Waals surface area contributed by atoms with E-state index in [4.69, 9.17) is 16.3 Å². The van der Waals surface area contributed by atoms with Gasteiger partial charge in [-0.3, -0.25) is 14.6 Å². The molecule has 5 rings (SSSR count). The topological polar surface area (TPSA) is 83.6 Å². The number of benzene rings is 1. The highest BCUT2D eigenvalue weighted by Crippen LogP contribution is 2.46. The molecule has 0 atom stereocenters. The maximum atomic E-state index is 13.4. The number of methoxy groups -OCH3 is 1. The first-order valence-electron chi connectivity index (χ1n) is 11.8. The number of nitrogens with zero attached hydrogens (tertiary/aromatic N) is 2. The van der Waals surface area contributed by atoms with Gasteiger partial charge in [0.2, 0.25) is 5.91 Å². The van der Waals surface area contributed by atoms with Crippen LogP contribution in [0.3, 0.4) is 0 Å². The molecule has 3 aliphatic rings. The summed E-state index contributed by atoms with van der Waals surface area (Å²) in [7, 11) is 1.62. The molecule has 2 N–H and O–H groups in total. The monoisotopic (exact) mass is 504 g/mol. The lowest BCUT2D eigenvalue weighted by atomic mass is 9.76. The lowest BCUT2D eigenvalue weighted by Gasteiger charge is -2.38. The van der Waals surface area contributed by atoms with Crippen LogP contribution in [0.1, 0.15) is 53.7 Å². The third kappa shape index (κ3) is 4.25. The maximum Gasteiger partial charge on any atom is 0.281 e. The molecule has 1 aliphatic carbocycles. The number of alkyl halides is 2. The number of amides is 2. The molecule has 10 heteroatoms. The van der Waals surface area contributed by atoms with E-state index in [0.29, 0.717) is 32.5 Å². The molecule has 35 heavy (non-hydrogen) atoms. The second kappa shape index (κ2) is 9.35. The van der Waals surface area contributed by atoms with E-state index < -0.39 is 23.4 Å². The van der Waals surface area contributed by atoms with Gasteiger partial charge in [-0.1, -0.05) is 11.6 Å². The van der Waals surface area contributed by atoms with Crippen molar-refractivity contribution in [3.63, 3.8) is 0 Å². The molecule has 2 aliphatic heterocycles. The van der Waals surface area contributed by atoms with Gasteiger partial charge in [0.05, 0.1) is 17.7 Å². The Labute approximate surface area is 207 Å². The number of fused-ring (bicyclic) bond motifs is 2. The van der Waals surface area contributed by atoms with Crippen molar-refractivity contribution in [3.05, 3.63) is 52.3 Å². The Kier molecular flexibility index (Phi) is 6.40. The van der Waals surface area contributed by atoms with E-state index in [2.05, 4.69) is 15.6 Å². The van der Waals surface area contributed by atoms with Gasteiger partial charge in [0.1, 0.15) is 16.9 Å². The Balaban J connectivity index is 1.23. The molecule has 0 bridgehead atoms. The Morgan fingerprint density at radius 1 is 1.29 bits per heavy atom. The number of pyridine rings is 1. The van der Waals surface area contributed by atoms with Gasteiger partial charge in [-0.15, -0.1) is 0 Å². The highest BCUT2D eigenvalue weighted by atomic mass is 35.5. The number of ether oxygens (including phenoxy) is 1. The number of hydrogen-bond acceptors (Lipinski definition) is 5. The molecule has 2 amide bonds. The minimum Gasteiger partial charge on any atom is -0.497 e. The lowest BCUT2D eigenvalue weighted by Crippen LogP contribution is -2.62. The van der Waals surface area contributed by atoms with Crippen molar-refractivity contribution in [1.29, 1.82) is 0 Å². The molecule has 1 saturated heterocycles. The van der Waals surface area contributed by atoms with Gasteiger partial charge >= 0.3 is 0 Å². The third-order valence-corrected chi connectivity index (χ3v) is 7.68. The van der Waals surface area contributed by atoms with E-state index in [1.165, 1.54) is 6.07 Å². The van der Waals surface area contributed by atoms with Gasteiger partial charge in [-0.05, 0) is 61.4 Å². The number of rotatable bonds is 6. The number of aromatic nitrogens is 1. The quantitative estimate of drug-likeness (QED) is 0.624. The summed E-state index contributed by atoms with van der Waals surface area (Å²) in [5.41, 5.74) is 0.696. The number of carbonyl (C=O) groups is 2. The van der Waals surface area contributed by atoms with Crippen LogP contribution in [0.25, 0.3) is 0 Å². The number of hydrogen-bond donors (Lipinski definition) is 2. The molecule has 1 aromatic heterocycles. The van der Waals surface area contributed by atoms with Crippen molar-refractivity contribution in [2.45, 2.75) is 43.6 Å². The first kappa shape index (κ1) is 23.9. The summed E-state index contributed by atoms with van der Waals surface area (Å²) in [6.45, 7) is 1.87. The van der Waals surface area contributed by atoms with Crippen LogP contribution in [0.15, 0.2) is 30.5 Å². The summed E-state index contributed by atoms with van der Waals surface area (Å²) in [6.07, 6.45) is 1.31. The van der Waals surface area contributed by atoms with Crippen LogP contribution in [-0.2, 0) is 10.2 Å². The Morgan fingerprint density at radius 2 is 2.03 bits per heavy atom. The van der Waals surface area contributed by atoms with Crippen LogP contribution in [0.4, 0.5) is 14.5 Å². The zero-order valence-electron chi connectivity index (χ0n) is 19.3. The van der Waals surface area contributed by atoms with Crippen LogP contribution in [0, 0.1) is 5.92 Å². The van der Waals surface area contributed by atoms with E-state index >= 15 is 0 Å². The van der Waals surface area contributed by atoms with Crippen LogP contribution in [0.2, 0.25) is 5.02 Å². The average molecular weight is 505 g/mol. The van der Waals surface area contributed by atoms with Crippen molar-refractivity contribution in [2.75, 3.05) is 31.6 Å². The van der Waals surface area contributed by atoms with Crippen molar-refractivity contribution in [3.8, 4) is 5.75 Å². The molecular formula is C25H27ClF2N4O3. The first-order chi connectivity index (χ1) is 16.8. The molecule has 1 spiro atoms. The standard InChI is InChI=1S/C25H27ClF2N4O3/c1-35-17-6-7-20-19(9-17)25(12-29-13-25)24(34)32(20)11-14-2-4-16(5-3-14)31-23(33)18-8-15(26)10-30-21(18)22(27)28/h6-10,14,16,22,29H,2-5,11-13H2,1H3,(H,31,33). The summed E-state index contributed by atoms with van der Waals surface area (Å²) in [5.74, 6) is 0.569. The van der Waals surface area contributed by atoms with Crippen LogP contribution >= 0.6 is 11.6 Å². The minimum absolute atomic E-state index is 0.128. The average Bonchev–Trinajstić information content (AvgIpc) is 3.07. The van der Waals surface area contributed by atoms with E-state index in [-0.39, 0.29) is 28.5 Å². The number of anilines is 1. The highest BCUT2D eigenvalue weighted by molar-refractivity contribution is 6.30. The predicted octanol–water partition coefficient (Wildman–Crippen LogP) is 3.86. The fourth-order valence-electron chi connectivity index (χ4n) is 5.46. The molecular weight excluding hydrogens is 478 g/mol. The highest BCUT2D eigenvalue weighted by Gasteiger charge is 2.55. The molecule has 0 radical (unpaired) electrons. The largest absolute Gasteiger partial charge is 0.497 e. The molecule has 0 unspecified atom stereocenters. The van der Waals surface area contributed by atoms with E-state index in [0.717, 1.165) is 36.0 Å². The predicted molar refractivity (Wildman–Crippen MR) is 127 cm³/mol. The fourth-order valence-corrected chi connectivity index (χ4v) is 5.62. The lowest BCUT2D eigenvalue weighted by molar-refractivity contribution is -0.125. The third-order valence-electron chi connectivity index (χ3n) is 7.48. The zero-order valence-corrected chi connectivity index (χ0v) is 20.1. The van der Waals surface area contributed by atoms with Gasteiger partial charge < -0.3 is 20.3 Å². The van der Waals surface area contributed by atoms with Crippen LogP contribution < -0.4 is 20.3 Å². The van der Waals surface area contributed by atoms with E-state index in [9.17, 15) is 18.4 Å². The Hall–Kier alpha value is -2.78. The summed E-state index contributed by atoms with van der Waals surface area (Å²) >= 11 is 5.88. The SMILES string of the molecule is COc1ccc2c(c1)C1(CNC1)C(=O)N2CC1CCC(NC(=O)c2cc(Cl)cnc2C(F)F)CC1. The van der Waals surface area contributed by atoms with Gasteiger partial charge in [-0.25, -0.2) is 8.78 Å². The van der Waals surface area contributed by atoms with Crippen molar-refractivity contribution >= 4 is 29.1 Å². The fraction of sp³-hybridized carbons (Fsp3) is 0.480. The van der Waals surface area contributed by atoms with Crippen LogP contribution in [-0.4, -0.2) is 49.6 Å². The molecule has 3 heterocycles. The summed E-state index contributed by atoms with van der Waals surface area (Å²) < 4.78 is 31.9.